The summed E-state index contributed by atoms with van der Waals surface area (Å²) >= 11 is 0. The maximum atomic E-state index is 4.54. The molecule has 2 fully saturated rings. The molecule has 0 saturated heterocycles. The van der Waals surface area contributed by atoms with Crippen molar-refractivity contribution in [1.29, 1.82) is 0 Å². The van der Waals surface area contributed by atoms with Gasteiger partial charge in [0.05, 0.1) is 5.69 Å². The Hall–Kier alpha value is -0.830. The minimum atomic E-state index is 0.498. The molecule has 2 bridgehead atoms. The first-order valence-electron chi connectivity index (χ1n) is 8.33. The Kier molecular flexibility index (Phi) is 3.89. The standard InChI is InChI=1S/C17H29N3/c1-4-7-18-12-17(10-14-5-6-15(17)9-14)11-16-8-13(2)19-20(16)3/h8,14-15,18H,4-7,9-12H2,1-3H3. The zero-order valence-corrected chi connectivity index (χ0v) is 13.3. The second-order valence-corrected chi connectivity index (χ2v) is 7.20. The van der Waals surface area contributed by atoms with Crippen LogP contribution in [0.1, 0.15) is 50.4 Å². The Balaban J connectivity index is 1.77. The highest BCUT2D eigenvalue weighted by atomic mass is 15.3. The van der Waals surface area contributed by atoms with E-state index in [9.17, 15) is 0 Å². The van der Waals surface area contributed by atoms with Gasteiger partial charge in [-0.15, -0.1) is 0 Å². The highest BCUT2D eigenvalue weighted by Crippen LogP contribution is 2.57. The van der Waals surface area contributed by atoms with Gasteiger partial charge in [0.15, 0.2) is 0 Å². The highest BCUT2D eigenvalue weighted by molar-refractivity contribution is 5.14. The largest absolute Gasteiger partial charge is 0.316 e. The lowest BCUT2D eigenvalue weighted by molar-refractivity contribution is 0.153. The van der Waals surface area contributed by atoms with Crippen molar-refractivity contribution in [2.24, 2.45) is 24.3 Å². The Morgan fingerprint density at radius 3 is 2.85 bits per heavy atom. The molecule has 2 saturated carbocycles. The number of hydrogen-bond acceptors (Lipinski definition) is 2. The fraction of sp³-hybridized carbons (Fsp3) is 0.824. The molecule has 1 aromatic rings. The smallest absolute Gasteiger partial charge is 0.0596 e. The fourth-order valence-electron chi connectivity index (χ4n) is 4.76. The van der Waals surface area contributed by atoms with Gasteiger partial charge in [-0.25, -0.2) is 0 Å². The predicted molar refractivity (Wildman–Crippen MR) is 82.7 cm³/mol. The van der Waals surface area contributed by atoms with Gasteiger partial charge in [0.1, 0.15) is 0 Å². The van der Waals surface area contributed by atoms with Crippen LogP contribution >= 0.6 is 0 Å². The zero-order valence-electron chi connectivity index (χ0n) is 13.3. The van der Waals surface area contributed by atoms with Crippen LogP contribution in [0.25, 0.3) is 0 Å². The molecule has 3 atom stereocenters. The molecule has 2 aliphatic rings. The van der Waals surface area contributed by atoms with Crippen LogP contribution in [-0.4, -0.2) is 22.9 Å². The molecule has 3 heteroatoms. The summed E-state index contributed by atoms with van der Waals surface area (Å²) in [5.41, 5.74) is 3.08. The van der Waals surface area contributed by atoms with E-state index in [-0.39, 0.29) is 0 Å². The SMILES string of the molecule is CCCNCC1(Cc2cc(C)nn2C)CC2CCC1C2. The van der Waals surface area contributed by atoms with Crippen molar-refractivity contribution in [3.8, 4) is 0 Å². The van der Waals surface area contributed by atoms with Gasteiger partial charge in [0, 0.05) is 19.3 Å². The van der Waals surface area contributed by atoms with Crippen LogP contribution in [-0.2, 0) is 13.5 Å². The van der Waals surface area contributed by atoms with Gasteiger partial charge >= 0.3 is 0 Å². The molecule has 0 aromatic carbocycles. The van der Waals surface area contributed by atoms with E-state index in [1.165, 1.54) is 50.8 Å². The number of fused-ring (bicyclic) bond motifs is 2. The van der Waals surface area contributed by atoms with Gasteiger partial charge in [-0.2, -0.15) is 5.10 Å². The fourth-order valence-corrected chi connectivity index (χ4v) is 4.76. The van der Waals surface area contributed by atoms with Crippen molar-refractivity contribution in [3.63, 3.8) is 0 Å². The summed E-state index contributed by atoms with van der Waals surface area (Å²) in [4.78, 5) is 0. The van der Waals surface area contributed by atoms with E-state index >= 15 is 0 Å². The second kappa shape index (κ2) is 5.51. The van der Waals surface area contributed by atoms with Crippen LogP contribution in [0.15, 0.2) is 6.07 Å². The number of nitrogens with zero attached hydrogens (tertiary/aromatic N) is 2. The minimum Gasteiger partial charge on any atom is -0.316 e. The van der Waals surface area contributed by atoms with Crippen LogP contribution in [0.4, 0.5) is 0 Å². The highest BCUT2D eigenvalue weighted by Gasteiger charge is 2.50. The topological polar surface area (TPSA) is 29.9 Å². The van der Waals surface area contributed by atoms with Gasteiger partial charge in [0.2, 0.25) is 0 Å². The van der Waals surface area contributed by atoms with E-state index in [1.807, 2.05) is 0 Å². The number of aryl methyl sites for hydroxylation is 2. The molecule has 1 aromatic heterocycles. The van der Waals surface area contributed by atoms with Crippen molar-refractivity contribution < 1.29 is 0 Å². The average molecular weight is 275 g/mol. The van der Waals surface area contributed by atoms with Gasteiger partial charge in [-0.1, -0.05) is 13.3 Å². The summed E-state index contributed by atoms with van der Waals surface area (Å²) < 4.78 is 2.10. The van der Waals surface area contributed by atoms with Crippen LogP contribution < -0.4 is 5.32 Å². The normalized spacial score (nSPS) is 32.1. The van der Waals surface area contributed by atoms with Crippen molar-refractivity contribution in [3.05, 3.63) is 17.5 Å². The van der Waals surface area contributed by atoms with E-state index in [0.717, 1.165) is 24.1 Å². The van der Waals surface area contributed by atoms with Crippen molar-refractivity contribution >= 4 is 0 Å². The van der Waals surface area contributed by atoms with E-state index in [4.69, 9.17) is 0 Å². The molecular weight excluding hydrogens is 246 g/mol. The quantitative estimate of drug-likeness (QED) is 0.809. The molecule has 0 radical (unpaired) electrons. The first-order valence-corrected chi connectivity index (χ1v) is 8.33. The van der Waals surface area contributed by atoms with Gasteiger partial charge in [0.25, 0.3) is 0 Å². The molecule has 20 heavy (non-hydrogen) atoms. The summed E-state index contributed by atoms with van der Waals surface area (Å²) in [5.74, 6) is 1.94. The molecule has 3 nitrogen and oxygen atoms in total. The van der Waals surface area contributed by atoms with Crippen LogP contribution in [0.5, 0.6) is 0 Å². The zero-order chi connectivity index (χ0) is 14.2. The minimum absolute atomic E-state index is 0.498. The maximum absolute atomic E-state index is 4.54. The summed E-state index contributed by atoms with van der Waals surface area (Å²) in [6, 6.07) is 2.29. The molecule has 1 heterocycles. The molecule has 0 aliphatic heterocycles. The Bertz CT molecular complexity index is 465. The molecule has 3 rings (SSSR count). The number of aromatic nitrogens is 2. The van der Waals surface area contributed by atoms with Gasteiger partial charge in [-0.3, -0.25) is 4.68 Å². The first-order chi connectivity index (χ1) is 9.63. The first kappa shape index (κ1) is 14.1. The molecule has 3 unspecified atom stereocenters. The third kappa shape index (κ3) is 2.52. The number of rotatable bonds is 6. The molecule has 0 amide bonds. The average Bonchev–Trinajstić information content (AvgIpc) is 3.06. The third-order valence-corrected chi connectivity index (χ3v) is 5.64. The maximum Gasteiger partial charge on any atom is 0.0596 e. The van der Waals surface area contributed by atoms with E-state index in [2.05, 4.69) is 42.1 Å². The van der Waals surface area contributed by atoms with Gasteiger partial charge in [-0.05, 0) is 68.9 Å². The number of nitrogens with one attached hydrogen (secondary N) is 1. The lowest BCUT2D eigenvalue weighted by Crippen LogP contribution is -2.41. The monoisotopic (exact) mass is 275 g/mol. The summed E-state index contributed by atoms with van der Waals surface area (Å²) in [7, 11) is 2.10. The third-order valence-electron chi connectivity index (χ3n) is 5.64. The van der Waals surface area contributed by atoms with Gasteiger partial charge < -0.3 is 5.32 Å². The molecule has 1 N–H and O–H groups in total. The van der Waals surface area contributed by atoms with Crippen LogP contribution in [0.2, 0.25) is 0 Å². The van der Waals surface area contributed by atoms with Crippen molar-refractivity contribution in [2.75, 3.05) is 13.1 Å². The Labute approximate surface area is 123 Å². The number of hydrogen-bond donors (Lipinski definition) is 1. The predicted octanol–water partition coefficient (Wildman–Crippen LogP) is 3.08. The van der Waals surface area contributed by atoms with E-state index < -0.39 is 0 Å². The summed E-state index contributed by atoms with van der Waals surface area (Å²) in [5, 5.41) is 8.26. The second-order valence-electron chi connectivity index (χ2n) is 7.20. The van der Waals surface area contributed by atoms with Crippen LogP contribution in [0.3, 0.4) is 0 Å². The van der Waals surface area contributed by atoms with E-state index in [0.29, 0.717) is 5.41 Å². The van der Waals surface area contributed by atoms with Crippen molar-refractivity contribution in [2.45, 2.75) is 52.4 Å². The molecule has 112 valence electrons. The lowest BCUT2D eigenvalue weighted by atomic mass is 9.70. The Morgan fingerprint density at radius 2 is 2.30 bits per heavy atom. The summed E-state index contributed by atoms with van der Waals surface area (Å²) in [6.07, 6.45) is 8.28. The van der Waals surface area contributed by atoms with Crippen LogP contribution in [0, 0.1) is 24.2 Å². The Morgan fingerprint density at radius 1 is 1.45 bits per heavy atom. The van der Waals surface area contributed by atoms with Crippen molar-refractivity contribution in [1.82, 2.24) is 15.1 Å². The lowest BCUT2D eigenvalue weighted by Gasteiger charge is -2.38. The molecular formula is C17H29N3. The summed E-state index contributed by atoms with van der Waals surface area (Å²) in [6.45, 7) is 6.72. The van der Waals surface area contributed by atoms with E-state index in [1.54, 1.807) is 0 Å². The molecule has 0 spiro atoms. The molecule has 2 aliphatic carbocycles.